The molecule has 0 atom stereocenters. The lowest BCUT2D eigenvalue weighted by molar-refractivity contribution is 0.415. The van der Waals surface area contributed by atoms with Crippen LogP contribution < -0.4 is 4.74 Å². The highest BCUT2D eigenvalue weighted by atomic mass is 35.5. The first-order valence-corrected chi connectivity index (χ1v) is 5.30. The third-order valence-electron chi connectivity index (χ3n) is 1.89. The Morgan fingerprint density at radius 1 is 1.29 bits per heavy atom. The molecule has 4 heteroatoms. The number of ether oxygens (including phenoxy) is 1. The maximum Gasteiger partial charge on any atom is 0.121 e. The number of methoxy groups -OCH3 is 1. The standard InChI is InChI=1S/C10H8ClNOS/c1-13-8-4-2-7(3-5-8)9-10(11)14-6-12-9/h2-6H,1H3. The van der Waals surface area contributed by atoms with Gasteiger partial charge in [-0.1, -0.05) is 11.6 Å². The van der Waals surface area contributed by atoms with Crippen molar-refractivity contribution in [1.29, 1.82) is 0 Å². The predicted molar refractivity (Wildman–Crippen MR) is 59.1 cm³/mol. The Hall–Kier alpha value is -1.06. The second-order valence-corrected chi connectivity index (χ2v) is 4.16. The predicted octanol–water partition coefficient (Wildman–Crippen LogP) is 3.47. The van der Waals surface area contributed by atoms with Crippen LogP contribution in [0.5, 0.6) is 5.75 Å². The molecular formula is C10H8ClNOS. The number of hydrogen-bond donors (Lipinski definition) is 0. The SMILES string of the molecule is COc1ccc(-c2ncsc2Cl)cc1. The highest BCUT2D eigenvalue weighted by Gasteiger charge is 2.05. The van der Waals surface area contributed by atoms with Crippen molar-refractivity contribution in [3.63, 3.8) is 0 Å². The van der Waals surface area contributed by atoms with E-state index in [4.69, 9.17) is 16.3 Å². The number of hydrogen-bond acceptors (Lipinski definition) is 3. The van der Waals surface area contributed by atoms with Crippen LogP contribution in [-0.4, -0.2) is 12.1 Å². The van der Waals surface area contributed by atoms with Crippen LogP contribution in [0, 0.1) is 0 Å². The normalized spacial score (nSPS) is 10.1. The molecule has 0 radical (unpaired) electrons. The molecule has 2 rings (SSSR count). The summed E-state index contributed by atoms with van der Waals surface area (Å²) >= 11 is 7.41. The molecule has 0 saturated heterocycles. The van der Waals surface area contributed by atoms with Crippen molar-refractivity contribution in [1.82, 2.24) is 4.98 Å². The summed E-state index contributed by atoms with van der Waals surface area (Å²) in [6.45, 7) is 0. The Morgan fingerprint density at radius 3 is 2.50 bits per heavy atom. The molecule has 0 bridgehead atoms. The zero-order valence-corrected chi connectivity index (χ0v) is 9.10. The van der Waals surface area contributed by atoms with E-state index in [1.54, 1.807) is 12.6 Å². The summed E-state index contributed by atoms with van der Waals surface area (Å²) in [5, 5.41) is 0. The van der Waals surface area contributed by atoms with Gasteiger partial charge in [-0.15, -0.1) is 11.3 Å². The van der Waals surface area contributed by atoms with E-state index in [1.807, 2.05) is 24.3 Å². The van der Waals surface area contributed by atoms with Crippen molar-refractivity contribution < 1.29 is 4.74 Å². The molecule has 14 heavy (non-hydrogen) atoms. The van der Waals surface area contributed by atoms with Crippen LogP contribution in [0.1, 0.15) is 0 Å². The van der Waals surface area contributed by atoms with E-state index in [0.717, 1.165) is 21.3 Å². The summed E-state index contributed by atoms with van der Waals surface area (Å²) in [6, 6.07) is 7.68. The molecule has 0 saturated carbocycles. The van der Waals surface area contributed by atoms with Gasteiger partial charge in [0.1, 0.15) is 10.1 Å². The van der Waals surface area contributed by atoms with Crippen LogP contribution >= 0.6 is 22.9 Å². The van der Waals surface area contributed by atoms with E-state index in [9.17, 15) is 0 Å². The van der Waals surface area contributed by atoms with E-state index >= 15 is 0 Å². The van der Waals surface area contributed by atoms with Crippen LogP contribution in [0.25, 0.3) is 11.3 Å². The molecule has 0 aliphatic carbocycles. The van der Waals surface area contributed by atoms with Crippen LogP contribution in [0.3, 0.4) is 0 Å². The average Bonchev–Trinajstić information content (AvgIpc) is 2.65. The van der Waals surface area contributed by atoms with E-state index in [0.29, 0.717) is 0 Å². The zero-order chi connectivity index (χ0) is 9.97. The maximum absolute atomic E-state index is 5.97. The lowest BCUT2D eigenvalue weighted by atomic mass is 10.2. The van der Waals surface area contributed by atoms with Crippen molar-refractivity contribution in [3.05, 3.63) is 34.1 Å². The summed E-state index contributed by atoms with van der Waals surface area (Å²) in [5.74, 6) is 0.833. The Morgan fingerprint density at radius 2 is 2.00 bits per heavy atom. The molecule has 0 aliphatic rings. The van der Waals surface area contributed by atoms with Crippen molar-refractivity contribution >= 4 is 22.9 Å². The van der Waals surface area contributed by atoms with Crippen LogP contribution in [0.2, 0.25) is 4.34 Å². The molecule has 0 unspecified atom stereocenters. The first-order chi connectivity index (χ1) is 6.81. The van der Waals surface area contributed by atoms with Crippen LogP contribution in [0.15, 0.2) is 29.8 Å². The monoisotopic (exact) mass is 225 g/mol. The molecule has 0 N–H and O–H groups in total. The van der Waals surface area contributed by atoms with Gasteiger partial charge in [-0.3, -0.25) is 0 Å². The molecule has 0 spiro atoms. The number of halogens is 1. The summed E-state index contributed by atoms with van der Waals surface area (Å²) in [7, 11) is 1.64. The molecule has 0 aliphatic heterocycles. The lowest BCUT2D eigenvalue weighted by Crippen LogP contribution is -1.82. The van der Waals surface area contributed by atoms with Gasteiger partial charge in [-0.25, -0.2) is 4.98 Å². The van der Waals surface area contributed by atoms with E-state index in [2.05, 4.69) is 4.98 Å². The largest absolute Gasteiger partial charge is 0.497 e. The molecular weight excluding hydrogens is 218 g/mol. The second-order valence-electron chi connectivity index (χ2n) is 2.70. The van der Waals surface area contributed by atoms with Gasteiger partial charge in [-0.2, -0.15) is 0 Å². The molecule has 2 aromatic rings. The van der Waals surface area contributed by atoms with E-state index < -0.39 is 0 Å². The summed E-state index contributed by atoms with van der Waals surface area (Å²) in [4.78, 5) is 4.19. The second kappa shape index (κ2) is 3.98. The number of benzene rings is 1. The van der Waals surface area contributed by atoms with Crippen molar-refractivity contribution in [2.75, 3.05) is 7.11 Å². The Labute approximate surface area is 91.1 Å². The molecule has 2 nitrogen and oxygen atoms in total. The minimum Gasteiger partial charge on any atom is -0.497 e. The van der Waals surface area contributed by atoms with Gasteiger partial charge in [0.05, 0.1) is 18.3 Å². The summed E-state index contributed by atoms with van der Waals surface area (Å²) in [5.41, 5.74) is 3.58. The van der Waals surface area contributed by atoms with Crippen molar-refractivity contribution in [2.45, 2.75) is 0 Å². The average molecular weight is 226 g/mol. The topological polar surface area (TPSA) is 22.1 Å². The number of aromatic nitrogens is 1. The van der Waals surface area contributed by atoms with Crippen molar-refractivity contribution in [2.24, 2.45) is 0 Å². The number of nitrogens with zero attached hydrogens (tertiary/aromatic N) is 1. The first-order valence-electron chi connectivity index (χ1n) is 4.04. The fourth-order valence-electron chi connectivity index (χ4n) is 1.17. The first kappa shape index (κ1) is 9.49. The van der Waals surface area contributed by atoms with Crippen LogP contribution in [0.4, 0.5) is 0 Å². The highest BCUT2D eigenvalue weighted by Crippen LogP contribution is 2.30. The molecule has 1 heterocycles. The lowest BCUT2D eigenvalue weighted by Gasteiger charge is -2.00. The molecule has 0 fully saturated rings. The van der Waals surface area contributed by atoms with Gasteiger partial charge in [0.2, 0.25) is 0 Å². The third kappa shape index (κ3) is 1.74. The minimum absolute atomic E-state index is 0.718. The molecule has 1 aromatic carbocycles. The smallest absolute Gasteiger partial charge is 0.121 e. The number of rotatable bonds is 2. The Balaban J connectivity index is 2.39. The molecule has 1 aromatic heterocycles. The van der Waals surface area contributed by atoms with Gasteiger partial charge in [0.25, 0.3) is 0 Å². The van der Waals surface area contributed by atoms with Crippen LogP contribution in [-0.2, 0) is 0 Å². The molecule has 0 amide bonds. The number of thiazole rings is 1. The van der Waals surface area contributed by atoms with Gasteiger partial charge < -0.3 is 4.74 Å². The van der Waals surface area contributed by atoms with Gasteiger partial charge in [0.15, 0.2) is 0 Å². The summed E-state index contributed by atoms with van der Waals surface area (Å²) < 4.78 is 5.78. The quantitative estimate of drug-likeness (QED) is 0.781. The third-order valence-corrected chi connectivity index (χ3v) is 2.94. The Kier molecular flexibility index (Phi) is 2.70. The van der Waals surface area contributed by atoms with Gasteiger partial charge >= 0.3 is 0 Å². The summed E-state index contributed by atoms with van der Waals surface area (Å²) in [6.07, 6.45) is 0. The van der Waals surface area contributed by atoms with Crippen molar-refractivity contribution in [3.8, 4) is 17.0 Å². The van der Waals surface area contributed by atoms with E-state index in [-0.39, 0.29) is 0 Å². The zero-order valence-electron chi connectivity index (χ0n) is 7.53. The fourth-order valence-corrected chi connectivity index (χ4v) is 1.98. The van der Waals surface area contributed by atoms with Gasteiger partial charge in [-0.05, 0) is 24.3 Å². The minimum atomic E-state index is 0.718. The Bertz CT molecular complexity index is 424. The molecule has 72 valence electrons. The fraction of sp³-hybridized carbons (Fsp3) is 0.100. The highest BCUT2D eigenvalue weighted by molar-refractivity contribution is 7.14. The van der Waals surface area contributed by atoms with E-state index in [1.165, 1.54) is 11.3 Å². The maximum atomic E-state index is 5.97. The van der Waals surface area contributed by atoms with Gasteiger partial charge in [0, 0.05) is 5.56 Å².